The van der Waals surface area contributed by atoms with Crippen molar-refractivity contribution in [3.63, 3.8) is 0 Å². The summed E-state index contributed by atoms with van der Waals surface area (Å²) in [5.74, 6) is 0. The van der Waals surface area contributed by atoms with Crippen molar-refractivity contribution in [3.05, 3.63) is 10.7 Å². The van der Waals surface area contributed by atoms with Gasteiger partial charge in [0.2, 0.25) is 0 Å². The van der Waals surface area contributed by atoms with E-state index in [0.717, 1.165) is 10.7 Å². The minimum Gasteiger partial charge on any atom is -0.391 e. The second kappa shape index (κ2) is 1.63. The maximum absolute atomic E-state index is 5.40. The minimum atomic E-state index is 0.819. The summed E-state index contributed by atoms with van der Waals surface area (Å²) < 4.78 is 0. The standard InChI is InChI=1S/C3H7N3S/c1-2-3(4)7-6-5-2/h5-6H,4H2,1H3. The molecule has 1 aliphatic rings. The third kappa shape index (κ3) is 0.808. The van der Waals surface area contributed by atoms with Crippen LogP contribution in [0.25, 0.3) is 0 Å². The van der Waals surface area contributed by atoms with Gasteiger partial charge < -0.3 is 11.2 Å². The molecule has 0 amide bonds. The highest BCUT2D eigenvalue weighted by Crippen LogP contribution is 2.12. The Morgan fingerprint density at radius 1 is 1.71 bits per heavy atom. The van der Waals surface area contributed by atoms with Gasteiger partial charge in [0, 0.05) is 0 Å². The second-order valence-corrected chi connectivity index (χ2v) is 2.17. The number of hydrazine groups is 1. The number of nitrogens with one attached hydrogen (secondary N) is 2. The van der Waals surface area contributed by atoms with Crippen LogP contribution in [-0.2, 0) is 0 Å². The molecule has 0 saturated heterocycles. The molecule has 1 aliphatic heterocycles. The first kappa shape index (κ1) is 4.80. The van der Waals surface area contributed by atoms with E-state index in [1.807, 2.05) is 6.92 Å². The van der Waals surface area contributed by atoms with Gasteiger partial charge in [-0.1, -0.05) is 0 Å². The number of nitrogens with two attached hydrogens (primary N) is 1. The van der Waals surface area contributed by atoms with Crippen LogP contribution in [0.15, 0.2) is 10.7 Å². The maximum Gasteiger partial charge on any atom is 0.103 e. The minimum absolute atomic E-state index is 0.819. The lowest BCUT2D eigenvalue weighted by Gasteiger charge is -1.89. The van der Waals surface area contributed by atoms with Gasteiger partial charge in [-0.2, -0.15) is 4.83 Å². The fraction of sp³-hybridized carbons (Fsp3) is 0.333. The maximum atomic E-state index is 5.40. The van der Waals surface area contributed by atoms with Gasteiger partial charge >= 0.3 is 0 Å². The summed E-state index contributed by atoms with van der Waals surface area (Å²) in [4.78, 5) is 2.79. The molecular weight excluding hydrogens is 110 g/mol. The van der Waals surface area contributed by atoms with Crippen LogP contribution >= 0.6 is 11.9 Å². The van der Waals surface area contributed by atoms with Gasteiger partial charge in [0.1, 0.15) is 5.03 Å². The van der Waals surface area contributed by atoms with Crippen LogP contribution in [0.5, 0.6) is 0 Å². The van der Waals surface area contributed by atoms with Gasteiger partial charge in [0.15, 0.2) is 0 Å². The van der Waals surface area contributed by atoms with Crippen LogP contribution in [0.3, 0.4) is 0 Å². The summed E-state index contributed by atoms with van der Waals surface area (Å²) in [6, 6.07) is 0. The van der Waals surface area contributed by atoms with E-state index in [9.17, 15) is 0 Å². The average molecular weight is 117 g/mol. The molecule has 0 saturated carbocycles. The molecule has 40 valence electrons. The van der Waals surface area contributed by atoms with Gasteiger partial charge in [-0.25, -0.2) is 0 Å². The van der Waals surface area contributed by atoms with Crippen molar-refractivity contribution in [2.45, 2.75) is 6.92 Å². The zero-order valence-corrected chi connectivity index (χ0v) is 4.80. The van der Waals surface area contributed by atoms with Crippen molar-refractivity contribution >= 4 is 11.9 Å². The molecule has 1 heterocycles. The molecule has 0 atom stereocenters. The summed E-state index contributed by atoms with van der Waals surface area (Å²) in [6.07, 6.45) is 0. The Morgan fingerprint density at radius 3 is 2.57 bits per heavy atom. The van der Waals surface area contributed by atoms with Crippen LogP contribution in [0, 0.1) is 0 Å². The fourth-order valence-electron chi connectivity index (χ4n) is 0.295. The van der Waals surface area contributed by atoms with Crippen molar-refractivity contribution in [3.8, 4) is 0 Å². The fourth-order valence-corrected chi connectivity index (χ4v) is 0.813. The quantitative estimate of drug-likeness (QED) is 0.387. The van der Waals surface area contributed by atoms with Gasteiger partial charge in [-0.05, 0) is 18.9 Å². The monoisotopic (exact) mass is 117 g/mol. The van der Waals surface area contributed by atoms with Gasteiger partial charge in [0.05, 0.1) is 5.70 Å². The average Bonchev–Trinajstić information content (AvgIpc) is 1.91. The zero-order chi connectivity index (χ0) is 5.28. The smallest absolute Gasteiger partial charge is 0.103 e. The Balaban J connectivity index is 2.64. The Hall–Kier alpha value is -0.350. The summed E-state index contributed by atoms with van der Waals surface area (Å²) >= 11 is 1.40. The molecule has 4 N–H and O–H groups in total. The molecule has 7 heavy (non-hydrogen) atoms. The molecule has 0 unspecified atom stereocenters. The molecule has 0 aliphatic carbocycles. The molecule has 0 fully saturated rings. The van der Waals surface area contributed by atoms with E-state index in [2.05, 4.69) is 10.3 Å². The number of hydrogen-bond acceptors (Lipinski definition) is 4. The van der Waals surface area contributed by atoms with E-state index >= 15 is 0 Å². The normalized spacial score (nSPS) is 20.1. The van der Waals surface area contributed by atoms with Crippen molar-refractivity contribution in [1.82, 2.24) is 10.3 Å². The number of rotatable bonds is 0. The summed E-state index contributed by atoms with van der Waals surface area (Å²) in [7, 11) is 0. The Bertz CT molecular complexity index is 96.7. The van der Waals surface area contributed by atoms with E-state index in [0.29, 0.717) is 0 Å². The van der Waals surface area contributed by atoms with Gasteiger partial charge in [0.25, 0.3) is 0 Å². The third-order valence-corrected chi connectivity index (χ3v) is 1.50. The molecule has 0 bridgehead atoms. The summed E-state index contributed by atoms with van der Waals surface area (Å²) in [5.41, 5.74) is 9.24. The Morgan fingerprint density at radius 2 is 2.43 bits per heavy atom. The van der Waals surface area contributed by atoms with Crippen LogP contribution < -0.4 is 16.0 Å². The number of hydrogen-bond donors (Lipinski definition) is 3. The zero-order valence-electron chi connectivity index (χ0n) is 3.99. The molecule has 4 heteroatoms. The molecule has 0 radical (unpaired) electrons. The molecular formula is C3H7N3S. The van der Waals surface area contributed by atoms with E-state index in [-0.39, 0.29) is 0 Å². The first-order valence-corrected chi connectivity index (χ1v) is 2.76. The van der Waals surface area contributed by atoms with Crippen molar-refractivity contribution < 1.29 is 0 Å². The van der Waals surface area contributed by atoms with Gasteiger partial charge in [-0.15, -0.1) is 0 Å². The first-order valence-electron chi connectivity index (χ1n) is 1.95. The van der Waals surface area contributed by atoms with E-state index in [4.69, 9.17) is 5.73 Å². The Labute approximate surface area is 46.4 Å². The first-order chi connectivity index (χ1) is 3.30. The van der Waals surface area contributed by atoms with Gasteiger partial charge in [-0.3, -0.25) is 0 Å². The van der Waals surface area contributed by atoms with Crippen molar-refractivity contribution in [2.24, 2.45) is 5.73 Å². The van der Waals surface area contributed by atoms with Crippen LogP contribution in [0.1, 0.15) is 6.92 Å². The molecule has 0 spiro atoms. The lowest BCUT2D eigenvalue weighted by molar-refractivity contribution is 0.829. The molecule has 0 aromatic rings. The molecule has 1 rings (SSSR count). The summed E-state index contributed by atoms with van der Waals surface area (Å²) in [5, 5.41) is 0.819. The third-order valence-electron chi connectivity index (χ3n) is 0.769. The largest absolute Gasteiger partial charge is 0.391 e. The topological polar surface area (TPSA) is 50.1 Å². The highest BCUT2D eigenvalue weighted by Gasteiger charge is 2.03. The molecule has 0 aromatic heterocycles. The summed E-state index contributed by atoms with van der Waals surface area (Å²) in [6.45, 7) is 1.92. The lowest BCUT2D eigenvalue weighted by Crippen LogP contribution is -2.16. The predicted molar refractivity (Wildman–Crippen MR) is 30.7 cm³/mol. The van der Waals surface area contributed by atoms with Crippen LogP contribution in [-0.4, -0.2) is 0 Å². The Kier molecular flexibility index (Phi) is 1.12. The predicted octanol–water partition coefficient (Wildman–Crippen LogP) is -0.110. The highest BCUT2D eigenvalue weighted by atomic mass is 32.2. The second-order valence-electron chi connectivity index (χ2n) is 1.32. The number of allylic oxidation sites excluding steroid dienone is 1. The van der Waals surface area contributed by atoms with E-state index in [1.54, 1.807) is 0 Å². The SMILES string of the molecule is CC1=C(N)SNN1. The van der Waals surface area contributed by atoms with Crippen LogP contribution in [0.2, 0.25) is 0 Å². The lowest BCUT2D eigenvalue weighted by atomic mass is 10.6. The van der Waals surface area contributed by atoms with Crippen molar-refractivity contribution in [2.75, 3.05) is 0 Å². The van der Waals surface area contributed by atoms with E-state index in [1.165, 1.54) is 11.9 Å². The van der Waals surface area contributed by atoms with E-state index < -0.39 is 0 Å². The molecule has 3 nitrogen and oxygen atoms in total. The highest BCUT2D eigenvalue weighted by molar-refractivity contribution is 8.01. The van der Waals surface area contributed by atoms with Crippen LogP contribution in [0.4, 0.5) is 0 Å². The molecule has 0 aromatic carbocycles. The van der Waals surface area contributed by atoms with Crippen molar-refractivity contribution in [1.29, 1.82) is 0 Å².